The third kappa shape index (κ3) is 2.68. The maximum absolute atomic E-state index is 10.3. The molecule has 0 spiro atoms. The lowest BCUT2D eigenvalue weighted by Gasteiger charge is -2.19. The van der Waals surface area contributed by atoms with Crippen LogP contribution in [0.15, 0.2) is 12.4 Å². The Morgan fingerprint density at radius 2 is 1.88 bits per heavy atom. The number of nitrogens with zero attached hydrogens (tertiary/aromatic N) is 2. The molecule has 0 unspecified atom stereocenters. The maximum atomic E-state index is 10.3. The minimum Gasteiger partial charge on any atom is -0.449 e. The second kappa shape index (κ2) is 4.92. The molecule has 5 nitrogen and oxygen atoms in total. The van der Waals surface area contributed by atoms with E-state index >= 15 is 0 Å². The lowest BCUT2D eigenvalue weighted by atomic mass is 9.89. The average Bonchev–Trinajstić information content (AvgIpc) is 2.30. The van der Waals surface area contributed by atoms with Gasteiger partial charge in [0.15, 0.2) is 5.75 Å². The molecule has 0 aliphatic heterocycles. The first kappa shape index (κ1) is 10.9. The molecule has 1 fully saturated rings. The number of hydrogen-bond acceptors (Lipinski definition) is 4. The van der Waals surface area contributed by atoms with E-state index in [0.717, 1.165) is 18.7 Å². The molecule has 0 atom stereocenters. The number of hydrogen-bond donors (Lipinski definition) is 1. The highest BCUT2D eigenvalue weighted by Crippen LogP contribution is 2.30. The van der Waals surface area contributed by atoms with Crippen LogP contribution < -0.4 is 4.74 Å². The number of carboxylic acid groups (broad SMARTS) is 1. The molecule has 1 aromatic rings. The van der Waals surface area contributed by atoms with Gasteiger partial charge in [0, 0.05) is 5.92 Å². The van der Waals surface area contributed by atoms with Gasteiger partial charge in [-0.1, -0.05) is 19.3 Å². The van der Waals surface area contributed by atoms with Crippen molar-refractivity contribution in [2.24, 2.45) is 0 Å². The molecule has 1 N–H and O–H groups in total. The summed E-state index contributed by atoms with van der Waals surface area (Å²) in [5, 5.41) is 8.41. The molecule has 16 heavy (non-hydrogen) atoms. The van der Waals surface area contributed by atoms with Gasteiger partial charge in [0.05, 0.1) is 12.4 Å². The van der Waals surface area contributed by atoms with E-state index in [1.165, 1.54) is 31.7 Å². The van der Waals surface area contributed by atoms with E-state index in [1.54, 1.807) is 0 Å². The van der Waals surface area contributed by atoms with Crippen molar-refractivity contribution >= 4 is 6.16 Å². The van der Waals surface area contributed by atoms with Crippen LogP contribution in [-0.4, -0.2) is 21.2 Å². The van der Waals surface area contributed by atoms with E-state index in [1.807, 2.05) is 0 Å². The van der Waals surface area contributed by atoms with Gasteiger partial charge in [0.2, 0.25) is 0 Å². The zero-order valence-electron chi connectivity index (χ0n) is 8.93. The lowest BCUT2D eigenvalue weighted by Crippen LogP contribution is -2.09. The van der Waals surface area contributed by atoms with Crippen LogP contribution in [0.1, 0.15) is 43.8 Å². The second-order valence-corrected chi connectivity index (χ2v) is 3.98. The Kier molecular flexibility index (Phi) is 3.34. The Bertz CT molecular complexity index is 358. The molecule has 86 valence electrons. The van der Waals surface area contributed by atoms with Crippen molar-refractivity contribution in [2.45, 2.75) is 38.0 Å². The first-order chi connectivity index (χ1) is 7.75. The highest BCUT2D eigenvalue weighted by atomic mass is 16.7. The summed E-state index contributed by atoms with van der Waals surface area (Å²) in [5.74, 6) is 1.40. The fourth-order valence-electron chi connectivity index (χ4n) is 2.05. The van der Waals surface area contributed by atoms with Crippen LogP contribution in [0.5, 0.6) is 5.75 Å². The highest BCUT2D eigenvalue weighted by Gasteiger charge is 2.17. The summed E-state index contributed by atoms with van der Waals surface area (Å²) in [7, 11) is 0. The quantitative estimate of drug-likeness (QED) is 0.778. The lowest BCUT2D eigenvalue weighted by molar-refractivity contribution is 0.144. The van der Waals surface area contributed by atoms with Gasteiger partial charge in [-0.3, -0.25) is 0 Å². The molecular formula is C11H14N2O3. The van der Waals surface area contributed by atoms with Gasteiger partial charge in [0.25, 0.3) is 0 Å². The summed E-state index contributed by atoms with van der Waals surface area (Å²) < 4.78 is 4.45. The fraction of sp³-hybridized carbons (Fsp3) is 0.545. The molecule has 1 aromatic heterocycles. The Morgan fingerprint density at radius 3 is 2.44 bits per heavy atom. The van der Waals surface area contributed by atoms with Crippen molar-refractivity contribution in [2.75, 3.05) is 0 Å². The molecule has 0 aromatic carbocycles. The Balaban J connectivity index is 2.03. The van der Waals surface area contributed by atoms with Crippen LogP contribution in [0.25, 0.3) is 0 Å². The van der Waals surface area contributed by atoms with Crippen LogP contribution in [-0.2, 0) is 0 Å². The topological polar surface area (TPSA) is 72.3 Å². The van der Waals surface area contributed by atoms with Crippen molar-refractivity contribution < 1.29 is 14.6 Å². The number of rotatable bonds is 2. The molecule has 2 rings (SSSR count). The number of aromatic nitrogens is 2. The Labute approximate surface area is 93.5 Å². The van der Waals surface area contributed by atoms with Gasteiger partial charge in [-0.25, -0.2) is 14.8 Å². The van der Waals surface area contributed by atoms with Gasteiger partial charge in [-0.05, 0) is 12.8 Å². The van der Waals surface area contributed by atoms with Gasteiger partial charge < -0.3 is 9.84 Å². The van der Waals surface area contributed by atoms with Crippen LogP contribution in [0.2, 0.25) is 0 Å². The van der Waals surface area contributed by atoms with Crippen molar-refractivity contribution in [1.29, 1.82) is 0 Å². The molecule has 1 aliphatic carbocycles. The molecule has 0 amide bonds. The molecule has 1 aliphatic rings. The third-order valence-electron chi connectivity index (χ3n) is 2.82. The summed E-state index contributed by atoms with van der Waals surface area (Å²) in [6.45, 7) is 0. The monoisotopic (exact) mass is 222 g/mol. The SMILES string of the molecule is O=C(O)Oc1cnc(C2CCCCC2)nc1. The summed E-state index contributed by atoms with van der Waals surface area (Å²) in [4.78, 5) is 18.6. The third-order valence-corrected chi connectivity index (χ3v) is 2.82. The standard InChI is InChI=1S/C11H14N2O3/c14-11(15)16-9-6-12-10(13-7-9)8-4-2-1-3-5-8/h6-8H,1-5H2,(H,14,15). The van der Waals surface area contributed by atoms with Crippen molar-refractivity contribution in [1.82, 2.24) is 9.97 Å². The van der Waals surface area contributed by atoms with E-state index in [4.69, 9.17) is 5.11 Å². The van der Waals surface area contributed by atoms with Gasteiger partial charge in [-0.15, -0.1) is 0 Å². The smallest absolute Gasteiger partial charge is 0.449 e. The Hall–Kier alpha value is -1.65. The predicted molar refractivity (Wildman–Crippen MR) is 56.5 cm³/mol. The van der Waals surface area contributed by atoms with Crippen molar-refractivity contribution in [3.63, 3.8) is 0 Å². The zero-order valence-corrected chi connectivity index (χ0v) is 8.93. The molecule has 1 saturated carbocycles. The van der Waals surface area contributed by atoms with Crippen LogP contribution >= 0.6 is 0 Å². The fourth-order valence-corrected chi connectivity index (χ4v) is 2.05. The van der Waals surface area contributed by atoms with Crippen LogP contribution in [0.4, 0.5) is 4.79 Å². The number of ether oxygens (including phenoxy) is 1. The zero-order chi connectivity index (χ0) is 11.4. The summed E-state index contributed by atoms with van der Waals surface area (Å²) in [6.07, 6.45) is 7.49. The molecule has 0 bridgehead atoms. The maximum Gasteiger partial charge on any atom is 0.511 e. The van der Waals surface area contributed by atoms with Crippen molar-refractivity contribution in [3.05, 3.63) is 18.2 Å². The van der Waals surface area contributed by atoms with Crippen LogP contribution in [0.3, 0.4) is 0 Å². The minimum atomic E-state index is -1.34. The second-order valence-electron chi connectivity index (χ2n) is 3.98. The normalized spacial score (nSPS) is 17.0. The summed E-state index contributed by atoms with van der Waals surface area (Å²) >= 11 is 0. The first-order valence-electron chi connectivity index (χ1n) is 5.48. The van der Waals surface area contributed by atoms with Gasteiger partial charge in [0.1, 0.15) is 5.82 Å². The van der Waals surface area contributed by atoms with E-state index in [9.17, 15) is 4.79 Å². The predicted octanol–water partition coefficient (Wildman–Crippen LogP) is 2.58. The molecule has 0 saturated heterocycles. The average molecular weight is 222 g/mol. The van der Waals surface area contributed by atoms with E-state index in [2.05, 4.69) is 14.7 Å². The molecule has 1 heterocycles. The number of carbonyl (C=O) groups is 1. The van der Waals surface area contributed by atoms with Crippen molar-refractivity contribution in [3.8, 4) is 5.75 Å². The van der Waals surface area contributed by atoms with Crippen LogP contribution in [0, 0.1) is 0 Å². The van der Waals surface area contributed by atoms with Gasteiger partial charge in [-0.2, -0.15) is 0 Å². The molecule has 5 heteroatoms. The van der Waals surface area contributed by atoms with E-state index in [0.29, 0.717) is 5.92 Å². The van der Waals surface area contributed by atoms with E-state index < -0.39 is 6.16 Å². The molecule has 0 radical (unpaired) electrons. The Morgan fingerprint density at radius 1 is 1.25 bits per heavy atom. The first-order valence-corrected chi connectivity index (χ1v) is 5.48. The molecular weight excluding hydrogens is 208 g/mol. The summed E-state index contributed by atoms with van der Waals surface area (Å²) in [5.41, 5.74) is 0. The minimum absolute atomic E-state index is 0.173. The largest absolute Gasteiger partial charge is 0.511 e. The van der Waals surface area contributed by atoms with Gasteiger partial charge >= 0.3 is 6.16 Å². The highest BCUT2D eigenvalue weighted by molar-refractivity contribution is 5.60. The summed E-state index contributed by atoms with van der Waals surface area (Å²) in [6, 6.07) is 0. The van der Waals surface area contributed by atoms with E-state index in [-0.39, 0.29) is 5.75 Å².